The maximum Gasteiger partial charge on any atom is 0.121 e. The van der Waals surface area contributed by atoms with Crippen LogP contribution in [-0.2, 0) is 0 Å². The Labute approximate surface area is 116 Å². The van der Waals surface area contributed by atoms with Gasteiger partial charge in [-0.25, -0.2) is 0 Å². The molecule has 1 aromatic rings. The highest BCUT2D eigenvalue weighted by Gasteiger charge is 2.29. The average molecular weight is 262 g/mol. The first-order valence-electron chi connectivity index (χ1n) is 7.33. The summed E-state index contributed by atoms with van der Waals surface area (Å²) in [6.07, 6.45) is 3.95. The molecule has 0 saturated heterocycles. The van der Waals surface area contributed by atoms with Gasteiger partial charge < -0.3 is 15.0 Å². The fraction of sp³-hybridized carbons (Fsp3) is 0.625. The lowest BCUT2D eigenvalue weighted by molar-refractivity contribution is 0.261. The van der Waals surface area contributed by atoms with Crippen LogP contribution in [-0.4, -0.2) is 38.2 Å². The highest BCUT2D eigenvalue weighted by Crippen LogP contribution is 2.35. The normalized spacial score (nSPS) is 16.4. The van der Waals surface area contributed by atoms with Crippen molar-refractivity contribution in [2.45, 2.75) is 32.2 Å². The van der Waals surface area contributed by atoms with E-state index < -0.39 is 0 Å². The van der Waals surface area contributed by atoms with Gasteiger partial charge in [0, 0.05) is 24.3 Å². The Bertz CT molecular complexity index is 388. The van der Waals surface area contributed by atoms with Gasteiger partial charge in [0.2, 0.25) is 0 Å². The summed E-state index contributed by atoms with van der Waals surface area (Å²) in [5.41, 5.74) is 1.18. The third-order valence-corrected chi connectivity index (χ3v) is 3.62. The van der Waals surface area contributed by atoms with E-state index in [4.69, 9.17) is 4.74 Å². The number of benzene rings is 1. The number of rotatable bonds is 8. The summed E-state index contributed by atoms with van der Waals surface area (Å²) in [7, 11) is 4.12. The molecule has 0 bridgehead atoms. The fourth-order valence-electron chi connectivity index (χ4n) is 2.29. The molecular formula is C16H26N2O. The topological polar surface area (TPSA) is 24.5 Å². The first kappa shape index (κ1) is 14.2. The number of nitrogens with zero attached hydrogens (tertiary/aromatic N) is 1. The van der Waals surface area contributed by atoms with Crippen LogP contribution in [0.5, 0.6) is 5.75 Å². The lowest BCUT2D eigenvalue weighted by Gasteiger charge is -2.18. The molecule has 0 aromatic heterocycles. The molecule has 0 aliphatic heterocycles. The fourth-order valence-corrected chi connectivity index (χ4v) is 2.29. The molecule has 1 unspecified atom stereocenters. The molecule has 1 saturated carbocycles. The molecule has 1 fully saturated rings. The second-order valence-electron chi connectivity index (χ2n) is 5.68. The van der Waals surface area contributed by atoms with Gasteiger partial charge in [-0.3, -0.25) is 0 Å². The Hall–Kier alpha value is -1.22. The van der Waals surface area contributed by atoms with Crippen LogP contribution in [0.2, 0.25) is 0 Å². The van der Waals surface area contributed by atoms with E-state index >= 15 is 0 Å². The van der Waals surface area contributed by atoms with Gasteiger partial charge in [0.05, 0.1) is 0 Å². The van der Waals surface area contributed by atoms with E-state index in [-0.39, 0.29) is 0 Å². The van der Waals surface area contributed by atoms with Gasteiger partial charge in [-0.2, -0.15) is 0 Å². The zero-order valence-corrected chi connectivity index (χ0v) is 12.4. The van der Waals surface area contributed by atoms with E-state index in [1.807, 2.05) is 6.07 Å². The van der Waals surface area contributed by atoms with Crippen molar-refractivity contribution in [1.82, 2.24) is 4.90 Å². The van der Waals surface area contributed by atoms with Crippen molar-refractivity contribution in [1.29, 1.82) is 0 Å². The molecular weight excluding hydrogens is 236 g/mol. The average Bonchev–Trinajstić information content (AvgIpc) is 3.20. The Morgan fingerprint density at radius 1 is 1.37 bits per heavy atom. The molecule has 1 aromatic carbocycles. The van der Waals surface area contributed by atoms with Crippen molar-refractivity contribution in [2.75, 3.05) is 32.6 Å². The van der Waals surface area contributed by atoms with Crippen LogP contribution in [0.4, 0.5) is 5.69 Å². The van der Waals surface area contributed by atoms with Crippen molar-refractivity contribution in [2.24, 2.45) is 5.92 Å². The maximum atomic E-state index is 5.77. The number of hydrogen-bond acceptors (Lipinski definition) is 3. The minimum atomic E-state index is 0.622. The predicted octanol–water partition coefficient (Wildman–Crippen LogP) is 3.23. The van der Waals surface area contributed by atoms with Crippen LogP contribution < -0.4 is 10.1 Å². The van der Waals surface area contributed by atoms with Gasteiger partial charge in [0.1, 0.15) is 12.4 Å². The van der Waals surface area contributed by atoms with Crippen LogP contribution in [0.15, 0.2) is 24.3 Å². The van der Waals surface area contributed by atoms with Gasteiger partial charge in [0.25, 0.3) is 0 Å². The lowest BCUT2D eigenvalue weighted by atomic mass is 10.1. The molecule has 19 heavy (non-hydrogen) atoms. The summed E-state index contributed by atoms with van der Waals surface area (Å²) in [5, 5.41) is 3.64. The highest BCUT2D eigenvalue weighted by atomic mass is 16.5. The Morgan fingerprint density at radius 2 is 2.16 bits per heavy atom. The van der Waals surface area contributed by atoms with E-state index in [2.05, 4.69) is 49.4 Å². The molecule has 0 heterocycles. The molecule has 0 amide bonds. The summed E-state index contributed by atoms with van der Waals surface area (Å²) in [5.74, 6) is 1.83. The minimum absolute atomic E-state index is 0.622. The number of likely N-dealkylation sites (N-methyl/N-ethyl adjacent to an activating group) is 1. The van der Waals surface area contributed by atoms with E-state index in [1.165, 1.54) is 24.9 Å². The van der Waals surface area contributed by atoms with E-state index in [9.17, 15) is 0 Å². The lowest BCUT2D eigenvalue weighted by Crippen LogP contribution is -2.21. The standard InChI is InChI=1S/C16H26N2O/c1-4-16(13-8-9-13)17-14-6-5-7-15(12-14)19-11-10-18(2)3/h5-7,12-13,16-17H,4,8-11H2,1-3H3. The van der Waals surface area contributed by atoms with Crippen LogP contribution in [0.1, 0.15) is 26.2 Å². The van der Waals surface area contributed by atoms with Gasteiger partial charge >= 0.3 is 0 Å². The second kappa shape index (κ2) is 6.80. The van der Waals surface area contributed by atoms with Crippen molar-refractivity contribution < 1.29 is 4.74 Å². The first-order valence-corrected chi connectivity index (χ1v) is 7.33. The smallest absolute Gasteiger partial charge is 0.121 e. The largest absolute Gasteiger partial charge is 0.492 e. The van der Waals surface area contributed by atoms with E-state index in [0.717, 1.165) is 24.8 Å². The van der Waals surface area contributed by atoms with Gasteiger partial charge in [0.15, 0.2) is 0 Å². The molecule has 1 aliphatic carbocycles. The van der Waals surface area contributed by atoms with Crippen LogP contribution in [0.25, 0.3) is 0 Å². The molecule has 106 valence electrons. The third-order valence-electron chi connectivity index (χ3n) is 3.62. The van der Waals surface area contributed by atoms with Crippen LogP contribution >= 0.6 is 0 Å². The van der Waals surface area contributed by atoms with E-state index in [1.54, 1.807) is 0 Å². The highest BCUT2D eigenvalue weighted by molar-refractivity contribution is 5.49. The SMILES string of the molecule is CCC(Nc1cccc(OCCN(C)C)c1)C1CC1. The Balaban J connectivity index is 1.87. The zero-order chi connectivity index (χ0) is 13.7. The summed E-state index contributed by atoms with van der Waals surface area (Å²) in [6, 6.07) is 8.95. The summed E-state index contributed by atoms with van der Waals surface area (Å²) >= 11 is 0. The van der Waals surface area contributed by atoms with Crippen molar-refractivity contribution in [3.8, 4) is 5.75 Å². The first-order chi connectivity index (χ1) is 9.19. The maximum absolute atomic E-state index is 5.77. The molecule has 0 radical (unpaired) electrons. The Kier molecular flexibility index (Phi) is 5.08. The van der Waals surface area contributed by atoms with Crippen molar-refractivity contribution in [3.63, 3.8) is 0 Å². The molecule has 1 aliphatic rings. The molecule has 3 nitrogen and oxygen atoms in total. The third kappa shape index (κ3) is 4.75. The number of hydrogen-bond donors (Lipinski definition) is 1. The van der Waals surface area contributed by atoms with Crippen LogP contribution in [0.3, 0.4) is 0 Å². The second-order valence-corrected chi connectivity index (χ2v) is 5.68. The monoisotopic (exact) mass is 262 g/mol. The molecule has 1 N–H and O–H groups in total. The van der Waals surface area contributed by atoms with Crippen molar-refractivity contribution in [3.05, 3.63) is 24.3 Å². The quantitative estimate of drug-likeness (QED) is 0.778. The molecule has 2 rings (SSSR count). The summed E-state index contributed by atoms with van der Waals surface area (Å²) in [6.45, 7) is 3.93. The molecule has 1 atom stereocenters. The van der Waals surface area contributed by atoms with Gasteiger partial charge in [-0.05, 0) is 51.4 Å². The zero-order valence-electron chi connectivity index (χ0n) is 12.4. The van der Waals surface area contributed by atoms with Gasteiger partial charge in [-0.1, -0.05) is 13.0 Å². The number of ether oxygens (including phenoxy) is 1. The number of nitrogens with one attached hydrogen (secondary N) is 1. The predicted molar refractivity (Wildman–Crippen MR) is 80.9 cm³/mol. The minimum Gasteiger partial charge on any atom is -0.492 e. The van der Waals surface area contributed by atoms with Crippen LogP contribution in [0, 0.1) is 5.92 Å². The summed E-state index contributed by atoms with van der Waals surface area (Å²) < 4.78 is 5.77. The Morgan fingerprint density at radius 3 is 2.79 bits per heavy atom. The number of anilines is 1. The summed E-state index contributed by atoms with van der Waals surface area (Å²) in [4.78, 5) is 2.13. The van der Waals surface area contributed by atoms with Gasteiger partial charge in [-0.15, -0.1) is 0 Å². The van der Waals surface area contributed by atoms with E-state index in [0.29, 0.717) is 6.04 Å². The molecule has 3 heteroatoms. The molecule has 0 spiro atoms. The van der Waals surface area contributed by atoms with Crippen molar-refractivity contribution >= 4 is 5.69 Å².